The quantitative estimate of drug-likeness (QED) is 0.769. The van der Waals surface area contributed by atoms with Gasteiger partial charge in [-0.05, 0) is 31.0 Å². The van der Waals surface area contributed by atoms with Crippen LogP contribution in [0.1, 0.15) is 12.8 Å². The van der Waals surface area contributed by atoms with Crippen LogP contribution in [0.3, 0.4) is 0 Å². The fourth-order valence-electron chi connectivity index (χ4n) is 2.67. The van der Waals surface area contributed by atoms with Gasteiger partial charge in [0.1, 0.15) is 5.82 Å². The molecule has 1 aromatic carbocycles. The highest BCUT2D eigenvalue weighted by molar-refractivity contribution is 9.10. The highest BCUT2D eigenvalue weighted by Crippen LogP contribution is 2.31. The van der Waals surface area contributed by atoms with E-state index in [-0.39, 0.29) is 5.82 Å². The van der Waals surface area contributed by atoms with Gasteiger partial charge < -0.3 is 5.32 Å². The first-order valence-electron chi connectivity index (χ1n) is 7.54. The first-order valence-corrected chi connectivity index (χ1v) is 9.15. The number of benzene rings is 1. The minimum absolute atomic E-state index is 0.284. The first kappa shape index (κ1) is 16.5. The zero-order chi connectivity index (χ0) is 16.2. The third-order valence-electron chi connectivity index (χ3n) is 3.89. The largest absolute Gasteiger partial charge is 0.357 e. The lowest BCUT2D eigenvalue weighted by Gasteiger charge is -2.31. The van der Waals surface area contributed by atoms with E-state index in [4.69, 9.17) is 0 Å². The summed E-state index contributed by atoms with van der Waals surface area (Å²) in [4.78, 5) is 2.38. The van der Waals surface area contributed by atoms with Gasteiger partial charge in [0.2, 0.25) is 5.13 Å². The van der Waals surface area contributed by atoms with Crippen molar-refractivity contribution >= 4 is 32.4 Å². The van der Waals surface area contributed by atoms with Gasteiger partial charge in [-0.1, -0.05) is 33.3 Å². The lowest BCUT2D eigenvalue weighted by atomic mass is 10.1. The summed E-state index contributed by atoms with van der Waals surface area (Å²) < 4.78 is 14.7. The second-order valence-electron chi connectivity index (χ2n) is 5.54. The Bertz CT molecular complexity index is 682. The molecule has 3 rings (SSSR count). The second kappa shape index (κ2) is 7.51. The van der Waals surface area contributed by atoms with E-state index in [1.54, 1.807) is 12.1 Å². The molecule has 0 bridgehead atoms. The molecule has 1 N–H and O–H groups in total. The van der Waals surface area contributed by atoms with Crippen molar-refractivity contribution in [1.29, 1.82) is 0 Å². The van der Waals surface area contributed by atoms with E-state index in [0.29, 0.717) is 16.6 Å². The van der Waals surface area contributed by atoms with Gasteiger partial charge in [0.05, 0.1) is 0 Å². The Morgan fingerprint density at radius 2 is 2.17 bits per heavy atom. The number of piperidine rings is 1. The van der Waals surface area contributed by atoms with Crippen molar-refractivity contribution in [1.82, 2.24) is 15.1 Å². The molecule has 23 heavy (non-hydrogen) atoms. The monoisotopic (exact) mass is 396 g/mol. The van der Waals surface area contributed by atoms with Gasteiger partial charge in [-0.2, -0.15) is 0 Å². The molecule has 0 aliphatic carbocycles. The van der Waals surface area contributed by atoms with Gasteiger partial charge >= 0.3 is 0 Å². The van der Waals surface area contributed by atoms with Gasteiger partial charge in [-0.15, -0.1) is 16.8 Å². The Kier molecular flexibility index (Phi) is 5.40. The zero-order valence-electron chi connectivity index (χ0n) is 12.6. The summed E-state index contributed by atoms with van der Waals surface area (Å²) >= 11 is 4.75. The topological polar surface area (TPSA) is 41.0 Å². The third-order valence-corrected chi connectivity index (χ3v) is 5.27. The number of nitrogens with zero attached hydrogens (tertiary/aromatic N) is 3. The van der Waals surface area contributed by atoms with Crippen molar-refractivity contribution in [2.24, 2.45) is 0 Å². The molecular formula is C16H18BrFN4S. The van der Waals surface area contributed by atoms with E-state index >= 15 is 0 Å². The lowest BCUT2D eigenvalue weighted by Crippen LogP contribution is -2.39. The summed E-state index contributed by atoms with van der Waals surface area (Å²) in [6, 6.07) is 5.23. The minimum Gasteiger partial charge on any atom is -0.357 e. The maximum absolute atomic E-state index is 13.9. The van der Waals surface area contributed by atoms with Gasteiger partial charge in [-0.25, -0.2) is 4.39 Å². The molecule has 1 aliphatic rings. The maximum atomic E-state index is 13.9. The Hall–Kier alpha value is -1.31. The van der Waals surface area contributed by atoms with Crippen LogP contribution >= 0.6 is 27.3 Å². The molecule has 1 saturated heterocycles. The Morgan fingerprint density at radius 3 is 2.91 bits per heavy atom. The number of halogens is 2. The van der Waals surface area contributed by atoms with Crippen molar-refractivity contribution < 1.29 is 4.39 Å². The standard InChI is InChI=1S/C16H18BrFN4S/c1-2-7-22-8-5-12(6-9-22)19-16-21-20-15(23-16)13-10-11(17)3-4-14(13)18/h2-4,10,12H,1,5-9H2,(H,19,21). The molecule has 2 aromatic rings. The van der Waals surface area contributed by atoms with Crippen LogP contribution in [0.15, 0.2) is 35.3 Å². The van der Waals surface area contributed by atoms with Gasteiger partial charge in [-0.3, -0.25) is 4.90 Å². The summed E-state index contributed by atoms with van der Waals surface area (Å²) in [5, 5.41) is 13.0. The predicted molar refractivity (Wildman–Crippen MR) is 96.3 cm³/mol. The van der Waals surface area contributed by atoms with E-state index in [1.165, 1.54) is 17.4 Å². The number of hydrogen-bond donors (Lipinski definition) is 1. The summed E-state index contributed by atoms with van der Waals surface area (Å²) in [7, 11) is 0. The first-order chi connectivity index (χ1) is 11.2. The van der Waals surface area contributed by atoms with E-state index in [9.17, 15) is 4.39 Å². The summed E-state index contributed by atoms with van der Waals surface area (Å²) in [5.41, 5.74) is 0.478. The van der Waals surface area contributed by atoms with E-state index in [1.807, 2.05) is 6.08 Å². The Morgan fingerprint density at radius 1 is 1.39 bits per heavy atom. The molecule has 122 valence electrons. The summed E-state index contributed by atoms with van der Waals surface area (Å²) in [5.74, 6) is -0.284. The average molecular weight is 397 g/mol. The fourth-order valence-corrected chi connectivity index (χ4v) is 3.87. The van der Waals surface area contributed by atoms with Gasteiger partial charge in [0.25, 0.3) is 0 Å². The Balaban J connectivity index is 1.64. The van der Waals surface area contributed by atoms with Crippen LogP contribution in [0.2, 0.25) is 0 Å². The summed E-state index contributed by atoms with van der Waals surface area (Å²) in [6.07, 6.45) is 4.07. The SMILES string of the molecule is C=CCN1CCC(Nc2nnc(-c3cc(Br)ccc3F)s2)CC1. The molecular weight excluding hydrogens is 379 g/mol. The smallest absolute Gasteiger partial charge is 0.206 e. The number of aromatic nitrogens is 2. The van der Waals surface area contributed by atoms with Crippen molar-refractivity contribution in [3.05, 3.63) is 41.1 Å². The number of nitrogens with one attached hydrogen (secondary N) is 1. The van der Waals surface area contributed by atoms with Crippen LogP contribution in [-0.4, -0.2) is 40.8 Å². The highest BCUT2D eigenvalue weighted by Gasteiger charge is 2.20. The number of hydrogen-bond acceptors (Lipinski definition) is 5. The van der Waals surface area contributed by atoms with Crippen LogP contribution in [-0.2, 0) is 0 Å². The summed E-state index contributed by atoms with van der Waals surface area (Å²) in [6.45, 7) is 6.82. The molecule has 0 saturated carbocycles. The van der Waals surface area contributed by atoms with Crippen molar-refractivity contribution in [3.8, 4) is 10.6 Å². The normalized spacial score (nSPS) is 16.4. The average Bonchev–Trinajstić information content (AvgIpc) is 3.00. The highest BCUT2D eigenvalue weighted by atomic mass is 79.9. The zero-order valence-corrected chi connectivity index (χ0v) is 15.0. The van der Waals surface area contributed by atoms with Crippen LogP contribution < -0.4 is 5.32 Å². The van der Waals surface area contributed by atoms with E-state index < -0.39 is 0 Å². The number of anilines is 1. The van der Waals surface area contributed by atoms with E-state index in [0.717, 1.165) is 42.1 Å². The molecule has 0 amide bonds. The molecule has 4 nitrogen and oxygen atoms in total. The molecule has 0 radical (unpaired) electrons. The molecule has 0 atom stereocenters. The number of rotatable bonds is 5. The van der Waals surface area contributed by atoms with Crippen molar-refractivity contribution in [2.45, 2.75) is 18.9 Å². The molecule has 1 aliphatic heterocycles. The lowest BCUT2D eigenvalue weighted by molar-refractivity contribution is 0.240. The molecule has 1 fully saturated rings. The molecule has 2 heterocycles. The molecule has 1 aromatic heterocycles. The van der Waals surface area contributed by atoms with Gasteiger partial charge in [0, 0.05) is 35.7 Å². The molecule has 0 spiro atoms. The molecule has 0 unspecified atom stereocenters. The predicted octanol–water partition coefficient (Wildman–Crippen LogP) is 4.17. The van der Waals surface area contributed by atoms with Gasteiger partial charge in [0.15, 0.2) is 5.01 Å². The fraction of sp³-hybridized carbons (Fsp3) is 0.375. The van der Waals surface area contributed by atoms with Crippen molar-refractivity contribution in [2.75, 3.05) is 25.0 Å². The minimum atomic E-state index is -0.284. The third kappa shape index (κ3) is 4.16. The maximum Gasteiger partial charge on any atom is 0.206 e. The Labute approximate surface area is 147 Å². The molecule has 7 heteroatoms. The van der Waals surface area contributed by atoms with Crippen LogP contribution in [0.4, 0.5) is 9.52 Å². The number of likely N-dealkylation sites (tertiary alicyclic amines) is 1. The van der Waals surface area contributed by atoms with Crippen LogP contribution in [0, 0.1) is 5.82 Å². The van der Waals surface area contributed by atoms with E-state index in [2.05, 4.69) is 42.9 Å². The van der Waals surface area contributed by atoms with Crippen LogP contribution in [0.5, 0.6) is 0 Å². The van der Waals surface area contributed by atoms with Crippen LogP contribution in [0.25, 0.3) is 10.6 Å². The van der Waals surface area contributed by atoms with Crippen molar-refractivity contribution in [3.63, 3.8) is 0 Å². The second-order valence-corrected chi connectivity index (χ2v) is 7.44.